The van der Waals surface area contributed by atoms with Crippen LogP contribution in [0, 0.1) is 0 Å². The number of carboxylic acid groups (broad SMARTS) is 2. The third-order valence-electron chi connectivity index (χ3n) is 1.05. The Bertz CT molecular complexity index is 162. The molecule has 0 aromatic carbocycles. The molecule has 0 saturated heterocycles. The van der Waals surface area contributed by atoms with E-state index in [2.05, 4.69) is 21.5 Å². The van der Waals surface area contributed by atoms with Gasteiger partial charge in [-0.05, 0) is 0 Å². The van der Waals surface area contributed by atoms with E-state index in [1.54, 1.807) is 0 Å². The minimum absolute atomic E-state index is 1.57. The van der Waals surface area contributed by atoms with Crippen molar-refractivity contribution in [2.45, 2.75) is 12.2 Å². The van der Waals surface area contributed by atoms with Crippen molar-refractivity contribution >= 4 is 11.9 Å². The molecule has 0 radical (unpaired) electrons. The first-order valence-corrected chi connectivity index (χ1v) is 2.71. The van der Waals surface area contributed by atoms with E-state index in [1.165, 1.54) is 0 Å². The fraction of sp³-hybridized carbons (Fsp3) is 0.500. The smallest absolute Gasteiger partial charge is 0.338 e. The zero-order valence-electron chi connectivity index (χ0n) is 5.84. The quantitative estimate of drug-likeness (QED) is 0.345. The Morgan fingerprint density at radius 3 is 1.33 bits per heavy atom. The molecule has 0 heterocycles. The molecule has 0 aliphatic heterocycles. The first-order chi connectivity index (χ1) is 5.54. The Hall–Kier alpha value is -1.22. The molecule has 6 N–H and O–H groups in total. The topological polar surface area (TPSA) is 145 Å². The van der Waals surface area contributed by atoms with Crippen LogP contribution in [-0.2, 0) is 19.3 Å². The molecule has 0 aliphatic carbocycles. The third kappa shape index (κ3) is 2.43. The van der Waals surface area contributed by atoms with Gasteiger partial charge in [-0.15, -0.1) is 0 Å². The van der Waals surface area contributed by atoms with Crippen LogP contribution in [0.1, 0.15) is 0 Å². The fourth-order valence-electron chi connectivity index (χ4n) is 0.518. The van der Waals surface area contributed by atoms with Crippen molar-refractivity contribution in [3.8, 4) is 0 Å². The van der Waals surface area contributed by atoms with Gasteiger partial charge < -0.3 is 10.2 Å². The molecule has 0 rings (SSSR count). The number of rotatable bonds is 5. The van der Waals surface area contributed by atoms with Crippen LogP contribution in [0.25, 0.3) is 0 Å². The van der Waals surface area contributed by atoms with Gasteiger partial charge in [-0.1, -0.05) is 0 Å². The van der Waals surface area contributed by atoms with Gasteiger partial charge in [0.1, 0.15) is 0 Å². The van der Waals surface area contributed by atoms with E-state index >= 15 is 0 Å². The van der Waals surface area contributed by atoms with Crippen molar-refractivity contribution in [3.05, 3.63) is 0 Å². The normalized spacial score (nSPS) is 15.2. The lowest BCUT2D eigenvalue weighted by molar-refractivity contribution is -0.177. The molecule has 0 amide bonds. The van der Waals surface area contributed by atoms with E-state index < -0.39 is 24.1 Å². The molecule has 0 fully saturated rings. The predicted molar refractivity (Wildman–Crippen MR) is 33.4 cm³/mol. The second-order valence-electron chi connectivity index (χ2n) is 1.79. The molecule has 2 unspecified atom stereocenters. The van der Waals surface area contributed by atoms with E-state index in [-0.39, 0.29) is 0 Å². The average Bonchev–Trinajstić information content (AvgIpc) is 1.98. The Labute approximate surface area is 66.6 Å². The zero-order valence-corrected chi connectivity index (χ0v) is 5.84. The molecule has 2 atom stereocenters. The molecule has 0 aliphatic rings. The number of carboxylic acids is 2. The first kappa shape index (κ1) is 10.8. The van der Waals surface area contributed by atoms with Crippen molar-refractivity contribution in [1.29, 1.82) is 0 Å². The molecule has 0 spiro atoms. The molecule has 0 saturated carbocycles. The molecule has 8 heteroatoms. The average molecular weight is 180 g/mol. The summed E-state index contributed by atoms with van der Waals surface area (Å²) in [6.07, 6.45) is -3.65. The molecule has 0 aromatic rings. The van der Waals surface area contributed by atoms with Gasteiger partial charge in [-0.2, -0.15) is 0 Å². The van der Waals surface area contributed by atoms with Gasteiger partial charge in [-0.3, -0.25) is 9.68 Å². The summed E-state index contributed by atoms with van der Waals surface area (Å²) >= 11 is 0. The lowest BCUT2D eigenvalue weighted by atomic mass is 10.2. The van der Waals surface area contributed by atoms with Gasteiger partial charge in [-0.25, -0.2) is 21.4 Å². The van der Waals surface area contributed by atoms with Crippen LogP contribution < -0.4 is 11.8 Å². The largest absolute Gasteiger partial charge is 0.479 e. The SMILES string of the molecule is NOC(C(=O)O)C(ON)C(=O)O. The second kappa shape index (κ2) is 4.62. The summed E-state index contributed by atoms with van der Waals surface area (Å²) in [6, 6.07) is 0. The Balaban J connectivity index is 4.44. The molecule has 12 heavy (non-hydrogen) atoms. The van der Waals surface area contributed by atoms with E-state index in [1.807, 2.05) is 0 Å². The number of hydrogen-bond acceptors (Lipinski definition) is 6. The van der Waals surface area contributed by atoms with Crippen molar-refractivity contribution in [3.63, 3.8) is 0 Å². The molecule has 8 nitrogen and oxygen atoms in total. The van der Waals surface area contributed by atoms with Crippen molar-refractivity contribution in [1.82, 2.24) is 0 Å². The zero-order chi connectivity index (χ0) is 9.72. The molecule has 70 valence electrons. The van der Waals surface area contributed by atoms with Crippen LogP contribution in [0.3, 0.4) is 0 Å². The first-order valence-electron chi connectivity index (χ1n) is 2.71. The Morgan fingerprint density at radius 2 is 1.25 bits per heavy atom. The van der Waals surface area contributed by atoms with Gasteiger partial charge in [0.2, 0.25) is 12.2 Å². The van der Waals surface area contributed by atoms with Crippen LogP contribution in [0.15, 0.2) is 0 Å². The molecular weight excluding hydrogens is 172 g/mol. The van der Waals surface area contributed by atoms with Gasteiger partial charge >= 0.3 is 11.9 Å². The molecule has 0 bridgehead atoms. The summed E-state index contributed by atoms with van der Waals surface area (Å²) in [5, 5.41) is 16.6. The Morgan fingerprint density at radius 1 is 1.00 bits per heavy atom. The summed E-state index contributed by atoms with van der Waals surface area (Å²) in [5.74, 6) is 5.87. The summed E-state index contributed by atoms with van der Waals surface area (Å²) in [6.45, 7) is 0. The maximum Gasteiger partial charge on any atom is 0.338 e. The molecule has 0 aromatic heterocycles. The van der Waals surface area contributed by atoms with Crippen LogP contribution in [0.5, 0.6) is 0 Å². The predicted octanol–water partition coefficient (Wildman–Crippen LogP) is -2.33. The van der Waals surface area contributed by atoms with Gasteiger partial charge in [0.25, 0.3) is 0 Å². The fourth-order valence-corrected chi connectivity index (χ4v) is 0.518. The van der Waals surface area contributed by atoms with Crippen molar-refractivity contribution in [2.24, 2.45) is 11.8 Å². The van der Waals surface area contributed by atoms with E-state index in [4.69, 9.17) is 10.2 Å². The van der Waals surface area contributed by atoms with E-state index in [0.717, 1.165) is 0 Å². The molecular formula is C4H8N2O6. The highest BCUT2D eigenvalue weighted by Gasteiger charge is 2.35. The van der Waals surface area contributed by atoms with Crippen LogP contribution in [0.4, 0.5) is 0 Å². The highest BCUT2D eigenvalue weighted by Crippen LogP contribution is 2.00. The van der Waals surface area contributed by atoms with Crippen molar-refractivity contribution < 1.29 is 29.5 Å². The second-order valence-corrected chi connectivity index (χ2v) is 1.79. The standard InChI is InChI=1S/C4H8N2O6/c5-11-1(3(7)8)2(12-6)4(9)10/h1-2H,5-6H2,(H,7,8)(H,9,10). The van der Waals surface area contributed by atoms with E-state index in [9.17, 15) is 9.59 Å². The number of carbonyl (C=O) groups is 2. The minimum atomic E-state index is -1.83. The maximum absolute atomic E-state index is 10.2. The van der Waals surface area contributed by atoms with Crippen LogP contribution in [-0.4, -0.2) is 34.4 Å². The highest BCUT2D eigenvalue weighted by molar-refractivity contribution is 5.83. The maximum atomic E-state index is 10.2. The van der Waals surface area contributed by atoms with Gasteiger partial charge in [0, 0.05) is 0 Å². The van der Waals surface area contributed by atoms with Crippen LogP contribution >= 0.6 is 0 Å². The monoisotopic (exact) mass is 180 g/mol. The summed E-state index contributed by atoms with van der Waals surface area (Å²) in [5.41, 5.74) is 0. The van der Waals surface area contributed by atoms with E-state index in [0.29, 0.717) is 0 Å². The minimum Gasteiger partial charge on any atom is -0.479 e. The number of aliphatic carboxylic acids is 2. The Kier molecular flexibility index (Phi) is 4.15. The van der Waals surface area contributed by atoms with Gasteiger partial charge in [0.15, 0.2) is 0 Å². The lowest BCUT2D eigenvalue weighted by Gasteiger charge is -2.15. The number of nitrogens with two attached hydrogens (primary N) is 2. The lowest BCUT2D eigenvalue weighted by Crippen LogP contribution is -2.46. The summed E-state index contributed by atoms with van der Waals surface area (Å²) < 4.78 is 0. The van der Waals surface area contributed by atoms with Crippen LogP contribution in [0.2, 0.25) is 0 Å². The highest BCUT2D eigenvalue weighted by atomic mass is 16.7. The van der Waals surface area contributed by atoms with Gasteiger partial charge in [0.05, 0.1) is 0 Å². The third-order valence-corrected chi connectivity index (χ3v) is 1.05. The summed E-state index contributed by atoms with van der Waals surface area (Å²) in [4.78, 5) is 28.1. The number of hydrogen-bond donors (Lipinski definition) is 4. The van der Waals surface area contributed by atoms with Crippen molar-refractivity contribution in [2.75, 3.05) is 0 Å². The summed E-state index contributed by atoms with van der Waals surface area (Å²) in [7, 11) is 0.